The molecule has 1 aliphatic rings. The van der Waals surface area contributed by atoms with E-state index in [4.69, 9.17) is 0 Å². The minimum atomic E-state index is -1.90. The van der Waals surface area contributed by atoms with E-state index >= 15 is 0 Å². The van der Waals surface area contributed by atoms with Gasteiger partial charge in [-0.25, -0.2) is 0 Å². The average Bonchev–Trinajstić information content (AvgIpc) is 3.03. The predicted molar refractivity (Wildman–Crippen MR) is 130 cm³/mol. The van der Waals surface area contributed by atoms with Gasteiger partial charge in [-0.15, -0.1) is 0 Å². The maximum Gasteiger partial charge on any atom is 0.264 e. The smallest absolute Gasteiger partial charge is 0.264 e. The first kappa shape index (κ1) is 21.1. The van der Waals surface area contributed by atoms with E-state index in [1.54, 1.807) is 23.1 Å². The summed E-state index contributed by atoms with van der Waals surface area (Å²) in [6, 6.07) is 26.5. The second-order valence-electron chi connectivity index (χ2n) is 8.83. The largest absolute Gasteiger partial charge is 0.375 e. The van der Waals surface area contributed by atoms with Gasteiger partial charge in [0, 0.05) is 11.1 Å². The maximum absolute atomic E-state index is 13.6. The number of carbonyl (C=O) groups excluding carboxylic acids is 2. The lowest BCUT2D eigenvalue weighted by molar-refractivity contribution is -0.136. The second kappa shape index (κ2) is 7.98. The van der Waals surface area contributed by atoms with Crippen molar-refractivity contribution in [3.05, 3.63) is 113 Å². The molecular formula is C29H25NO3. The van der Waals surface area contributed by atoms with E-state index in [-0.39, 0.29) is 12.2 Å². The van der Waals surface area contributed by atoms with E-state index in [9.17, 15) is 14.7 Å². The van der Waals surface area contributed by atoms with Crippen LogP contribution in [0.4, 0.5) is 5.69 Å². The number of aliphatic hydroxyl groups is 1. The summed E-state index contributed by atoms with van der Waals surface area (Å²) in [5.41, 5.74) is 2.95. The Hall–Kier alpha value is -3.76. The van der Waals surface area contributed by atoms with Gasteiger partial charge in [-0.3, -0.25) is 9.59 Å². The highest BCUT2D eigenvalue weighted by Gasteiger charge is 2.50. The van der Waals surface area contributed by atoms with E-state index < -0.39 is 11.5 Å². The number of hydrogen-bond acceptors (Lipinski definition) is 3. The Morgan fingerprint density at radius 1 is 0.909 bits per heavy atom. The fourth-order valence-corrected chi connectivity index (χ4v) is 4.77. The summed E-state index contributed by atoms with van der Waals surface area (Å²) >= 11 is 0. The van der Waals surface area contributed by atoms with Gasteiger partial charge >= 0.3 is 0 Å². The number of Topliss-reactive ketones (excluding diaryl/α,β-unsaturated/α-hetero) is 1. The van der Waals surface area contributed by atoms with Crippen molar-refractivity contribution in [1.82, 2.24) is 0 Å². The van der Waals surface area contributed by atoms with E-state index in [1.165, 1.54) is 0 Å². The molecule has 4 aromatic carbocycles. The van der Waals surface area contributed by atoms with Crippen LogP contribution in [0.15, 0.2) is 84.9 Å². The molecule has 0 unspecified atom stereocenters. The van der Waals surface area contributed by atoms with E-state index in [2.05, 4.69) is 6.07 Å². The molecule has 33 heavy (non-hydrogen) atoms. The number of aryl methyl sites for hydroxylation is 2. The topological polar surface area (TPSA) is 57.6 Å². The molecule has 0 aliphatic carbocycles. The highest BCUT2D eigenvalue weighted by molar-refractivity contribution is 6.13. The Labute approximate surface area is 193 Å². The number of amides is 1. The summed E-state index contributed by atoms with van der Waals surface area (Å²) in [7, 11) is 0. The first-order chi connectivity index (χ1) is 15.9. The molecule has 0 radical (unpaired) electrons. The van der Waals surface area contributed by atoms with Gasteiger partial charge < -0.3 is 10.0 Å². The maximum atomic E-state index is 13.6. The minimum Gasteiger partial charge on any atom is -0.375 e. The van der Waals surface area contributed by atoms with Crippen LogP contribution < -0.4 is 4.90 Å². The molecule has 4 heteroatoms. The summed E-state index contributed by atoms with van der Waals surface area (Å²) in [4.78, 5) is 28.7. The third-order valence-corrected chi connectivity index (χ3v) is 6.58. The highest BCUT2D eigenvalue weighted by Crippen LogP contribution is 2.44. The molecule has 164 valence electrons. The van der Waals surface area contributed by atoms with Gasteiger partial charge in [0.1, 0.15) is 0 Å². The van der Waals surface area contributed by atoms with Crippen LogP contribution in [0.2, 0.25) is 0 Å². The highest BCUT2D eigenvalue weighted by atomic mass is 16.3. The van der Waals surface area contributed by atoms with Crippen LogP contribution in [0.5, 0.6) is 0 Å². The third-order valence-electron chi connectivity index (χ3n) is 6.58. The number of anilines is 1. The molecule has 0 bridgehead atoms. The Bertz CT molecular complexity index is 1400. The Balaban J connectivity index is 1.53. The summed E-state index contributed by atoms with van der Waals surface area (Å²) in [6.45, 7) is 4.37. The fourth-order valence-electron chi connectivity index (χ4n) is 4.77. The van der Waals surface area contributed by atoms with Gasteiger partial charge in [0.05, 0.1) is 18.7 Å². The number of ketones is 1. The van der Waals surface area contributed by atoms with Crippen LogP contribution in [0.3, 0.4) is 0 Å². The lowest BCUT2D eigenvalue weighted by Gasteiger charge is -2.23. The number of para-hydroxylation sites is 1. The number of carbonyl (C=O) groups is 2. The SMILES string of the molecule is Cc1ccc(C)c(CN2C(=O)[C@](O)(CC(=O)c3cccc4ccccc34)c3ccccc32)c1. The molecular weight excluding hydrogens is 410 g/mol. The van der Waals surface area contributed by atoms with Crippen LogP contribution in [0.1, 0.15) is 39.0 Å². The van der Waals surface area contributed by atoms with Crippen LogP contribution >= 0.6 is 0 Å². The molecule has 1 atom stereocenters. The predicted octanol–water partition coefficient (Wildman–Crippen LogP) is 5.46. The molecule has 1 amide bonds. The van der Waals surface area contributed by atoms with Crippen LogP contribution in [-0.2, 0) is 16.9 Å². The van der Waals surface area contributed by atoms with Crippen molar-refractivity contribution in [1.29, 1.82) is 0 Å². The van der Waals surface area contributed by atoms with Crippen molar-refractivity contribution in [3.63, 3.8) is 0 Å². The average molecular weight is 436 g/mol. The molecule has 1 N–H and O–H groups in total. The van der Waals surface area contributed by atoms with Gasteiger partial charge in [0.25, 0.3) is 5.91 Å². The first-order valence-electron chi connectivity index (χ1n) is 11.1. The van der Waals surface area contributed by atoms with Crippen molar-refractivity contribution in [3.8, 4) is 0 Å². The molecule has 0 aromatic heterocycles. The summed E-state index contributed by atoms with van der Waals surface area (Å²) in [5.74, 6) is -0.718. The summed E-state index contributed by atoms with van der Waals surface area (Å²) < 4.78 is 0. The van der Waals surface area contributed by atoms with Crippen molar-refractivity contribution in [2.75, 3.05) is 4.90 Å². The van der Waals surface area contributed by atoms with Gasteiger partial charge in [0.2, 0.25) is 0 Å². The van der Waals surface area contributed by atoms with Crippen molar-refractivity contribution < 1.29 is 14.7 Å². The Morgan fingerprint density at radius 3 is 2.48 bits per heavy atom. The van der Waals surface area contributed by atoms with Crippen molar-refractivity contribution >= 4 is 28.2 Å². The number of benzene rings is 4. The van der Waals surface area contributed by atoms with E-state index in [1.807, 2.05) is 74.5 Å². The summed E-state index contributed by atoms with van der Waals surface area (Å²) in [6.07, 6.45) is -0.305. The third kappa shape index (κ3) is 3.53. The Kier molecular flexibility index (Phi) is 5.10. The molecule has 0 spiro atoms. The zero-order valence-electron chi connectivity index (χ0n) is 18.7. The van der Waals surface area contributed by atoms with Gasteiger partial charge in [-0.05, 0) is 41.8 Å². The van der Waals surface area contributed by atoms with Gasteiger partial charge in [-0.1, -0.05) is 84.4 Å². The first-order valence-corrected chi connectivity index (χ1v) is 11.1. The van der Waals surface area contributed by atoms with E-state index in [0.717, 1.165) is 27.5 Å². The van der Waals surface area contributed by atoms with Crippen LogP contribution in [-0.4, -0.2) is 16.8 Å². The summed E-state index contributed by atoms with van der Waals surface area (Å²) in [5, 5.41) is 13.4. The van der Waals surface area contributed by atoms with Crippen molar-refractivity contribution in [2.24, 2.45) is 0 Å². The van der Waals surface area contributed by atoms with Crippen LogP contribution in [0.25, 0.3) is 10.8 Å². The molecule has 1 heterocycles. The molecule has 4 aromatic rings. The normalized spacial score (nSPS) is 17.4. The fraction of sp³-hybridized carbons (Fsp3) is 0.172. The number of rotatable bonds is 5. The van der Waals surface area contributed by atoms with Crippen LogP contribution in [0, 0.1) is 13.8 Å². The van der Waals surface area contributed by atoms with Crippen molar-refractivity contribution in [2.45, 2.75) is 32.4 Å². The number of hydrogen-bond donors (Lipinski definition) is 1. The van der Waals surface area contributed by atoms with Gasteiger partial charge in [0.15, 0.2) is 11.4 Å². The second-order valence-corrected chi connectivity index (χ2v) is 8.83. The molecule has 5 rings (SSSR count). The molecule has 0 saturated carbocycles. The molecule has 0 saturated heterocycles. The number of fused-ring (bicyclic) bond motifs is 2. The zero-order valence-corrected chi connectivity index (χ0v) is 18.7. The lowest BCUT2D eigenvalue weighted by Crippen LogP contribution is -2.41. The monoisotopic (exact) mass is 435 g/mol. The van der Waals surface area contributed by atoms with Gasteiger partial charge in [-0.2, -0.15) is 0 Å². The quantitative estimate of drug-likeness (QED) is 0.423. The minimum absolute atomic E-state index is 0.258. The number of nitrogens with zero attached hydrogens (tertiary/aromatic N) is 1. The standard InChI is InChI=1S/C29H25NO3/c1-19-14-15-20(2)22(16-19)18-30-26-13-6-5-12-25(26)29(33,28(30)32)17-27(31)24-11-7-9-21-8-3-4-10-23(21)24/h3-16,33H,17-18H2,1-2H3/t29-/m0/s1. The van der Waals surface area contributed by atoms with E-state index in [0.29, 0.717) is 23.4 Å². The zero-order chi connectivity index (χ0) is 23.2. The molecule has 4 nitrogen and oxygen atoms in total. The molecule has 1 aliphatic heterocycles. The lowest BCUT2D eigenvalue weighted by atomic mass is 9.87. The Morgan fingerprint density at radius 2 is 1.64 bits per heavy atom. The molecule has 0 fully saturated rings.